The van der Waals surface area contributed by atoms with E-state index in [1.807, 2.05) is 0 Å². The summed E-state index contributed by atoms with van der Waals surface area (Å²) >= 11 is 5.47. The first-order chi connectivity index (χ1) is 4.34. The molecular formula is C5H5ClN2O. The number of nitrogens with one attached hydrogen (secondary N) is 1. The van der Waals surface area contributed by atoms with Gasteiger partial charge in [-0.15, -0.1) is 11.6 Å². The summed E-state index contributed by atoms with van der Waals surface area (Å²) in [4.78, 5) is 16.5. The van der Waals surface area contributed by atoms with Crippen molar-refractivity contribution >= 4 is 17.9 Å². The molecule has 1 aromatic heterocycles. The lowest BCUT2D eigenvalue weighted by Gasteiger charge is -1.91. The molecule has 0 aliphatic rings. The summed E-state index contributed by atoms with van der Waals surface area (Å²) in [6.45, 7) is 0. The van der Waals surface area contributed by atoms with Crippen molar-refractivity contribution in [2.75, 3.05) is 0 Å². The molecule has 0 aliphatic carbocycles. The Morgan fingerprint density at radius 1 is 1.89 bits per heavy atom. The average molecular weight is 145 g/mol. The monoisotopic (exact) mass is 144 g/mol. The molecule has 0 saturated heterocycles. The number of carbonyl (C=O) groups is 1. The summed E-state index contributed by atoms with van der Waals surface area (Å²) in [7, 11) is 0. The second-order valence-corrected chi connectivity index (χ2v) is 1.98. The Morgan fingerprint density at radius 2 is 2.67 bits per heavy atom. The first-order valence-corrected chi connectivity index (χ1v) is 2.87. The van der Waals surface area contributed by atoms with Gasteiger partial charge in [0.15, 0.2) is 0 Å². The van der Waals surface area contributed by atoms with Crippen LogP contribution in [0.4, 0.5) is 0 Å². The number of aldehydes is 1. The van der Waals surface area contributed by atoms with Crippen molar-refractivity contribution in [3.8, 4) is 0 Å². The highest BCUT2D eigenvalue weighted by Gasteiger charge is 2.06. The third kappa shape index (κ3) is 1.29. The molecule has 0 saturated carbocycles. The molecule has 1 atom stereocenters. The number of rotatable bonds is 2. The lowest BCUT2D eigenvalue weighted by Crippen LogP contribution is -1.92. The number of halogens is 1. The van der Waals surface area contributed by atoms with E-state index in [9.17, 15) is 4.79 Å². The van der Waals surface area contributed by atoms with E-state index in [-0.39, 0.29) is 0 Å². The number of imidazole rings is 1. The molecular weight excluding hydrogens is 140 g/mol. The number of carbonyl (C=O) groups excluding carboxylic acids is 1. The van der Waals surface area contributed by atoms with Crippen molar-refractivity contribution in [3.05, 3.63) is 18.2 Å². The minimum Gasteiger partial charge on any atom is -0.347 e. The van der Waals surface area contributed by atoms with Crippen LogP contribution in [0.5, 0.6) is 0 Å². The molecule has 48 valence electrons. The quantitative estimate of drug-likeness (QED) is 0.495. The van der Waals surface area contributed by atoms with Crippen LogP contribution in [0.1, 0.15) is 11.2 Å². The molecule has 0 spiro atoms. The minimum absolute atomic E-state index is 0.492. The van der Waals surface area contributed by atoms with Crippen LogP contribution >= 0.6 is 11.6 Å². The molecule has 4 heteroatoms. The van der Waals surface area contributed by atoms with Crippen LogP contribution in [0.3, 0.4) is 0 Å². The van der Waals surface area contributed by atoms with E-state index >= 15 is 0 Å². The molecule has 1 heterocycles. The smallest absolute Gasteiger partial charge is 0.146 e. The van der Waals surface area contributed by atoms with Crippen molar-refractivity contribution in [1.29, 1.82) is 0 Å². The normalized spacial score (nSPS) is 13.0. The molecule has 3 nitrogen and oxygen atoms in total. The van der Waals surface area contributed by atoms with Crippen molar-refractivity contribution in [2.45, 2.75) is 5.38 Å². The Labute approximate surface area is 57.1 Å². The molecule has 1 unspecified atom stereocenters. The standard InChI is InChI=1S/C5H5ClN2O/c6-4(3-9)5-7-1-2-8-5/h1-4H,(H,7,8). The number of hydrogen-bond acceptors (Lipinski definition) is 2. The predicted molar refractivity (Wildman–Crippen MR) is 33.2 cm³/mol. The van der Waals surface area contributed by atoms with Crippen LogP contribution in [-0.4, -0.2) is 16.3 Å². The van der Waals surface area contributed by atoms with E-state index in [1.54, 1.807) is 12.4 Å². The zero-order valence-corrected chi connectivity index (χ0v) is 5.30. The highest BCUT2D eigenvalue weighted by molar-refractivity contribution is 6.27. The van der Waals surface area contributed by atoms with Crippen molar-refractivity contribution in [1.82, 2.24) is 9.97 Å². The van der Waals surface area contributed by atoms with E-state index in [0.717, 1.165) is 0 Å². The zero-order valence-electron chi connectivity index (χ0n) is 4.54. The molecule has 1 rings (SSSR count). The second-order valence-electron chi connectivity index (χ2n) is 1.51. The maximum Gasteiger partial charge on any atom is 0.146 e. The van der Waals surface area contributed by atoms with Gasteiger partial charge in [0.2, 0.25) is 0 Å². The van der Waals surface area contributed by atoms with Gasteiger partial charge >= 0.3 is 0 Å². The highest BCUT2D eigenvalue weighted by atomic mass is 35.5. The molecule has 0 aliphatic heterocycles. The van der Waals surface area contributed by atoms with Gasteiger partial charge in [-0.05, 0) is 0 Å². The lowest BCUT2D eigenvalue weighted by molar-refractivity contribution is -0.107. The molecule has 9 heavy (non-hydrogen) atoms. The van der Waals surface area contributed by atoms with Gasteiger partial charge in [-0.1, -0.05) is 0 Å². The fraction of sp³-hybridized carbons (Fsp3) is 0.200. The lowest BCUT2D eigenvalue weighted by atomic mass is 10.4. The summed E-state index contributed by atoms with van der Waals surface area (Å²) in [6.07, 6.45) is 3.79. The maximum absolute atomic E-state index is 10.0. The predicted octanol–water partition coefficient (Wildman–Crippen LogP) is 0.888. The molecule has 0 bridgehead atoms. The van der Waals surface area contributed by atoms with Crippen LogP contribution in [0.2, 0.25) is 0 Å². The molecule has 0 radical (unpaired) electrons. The van der Waals surface area contributed by atoms with Crippen molar-refractivity contribution < 1.29 is 4.79 Å². The van der Waals surface area contributed by atoms with Crippen LogP contribution in [0, 0.1) is 0 Å². The van der Waals surface area contributed by atoms with Gasteiger partial charge in [0.25, 0.3) is 0 Å². The van der Waals surface area contributed by atoms with Crippen LogP contribution < -0.4 is 0 Å². The average Bonchev–Trinajstić information content (AvgIpc) is 2.37. The fourth-order valence-electron chi connectivity index (χ4n) is 0.493. The topological polar surface area (TPSA) is 45.8 Å². The zero-order chi connectivity index (χ0) is 6.69. The molecule has 0 fully saturated rings. The summed E-state index contributed by atoms with van der Waals surface area (Å²) in [5.74, 6) is 0.492. The summed E-state index contributed by atoms with van der Waals surface area (Å²) in [6, 6.07) is 0. The third-order valence-corrected chi connectivity index (χ3v) is 1.21. The number of alkyl halides is 1. The second kappa shape index (κ2) is 2.64. The van der Waals surface area contributed by atoms with Gasteiger partial charge in [-0.2, -0.15) is 0 Å². The number of hydrogen-bond donors (Lipinski definition) is 1. The largest absolute Gasteiger partial charge is 0.347 e. The third-order valence-electron chi connectivity index (χ3n) is 0.900. The van der Waals surface area contributed by atoms with Gasteiger partial charge in [0.05, 0.1) is 0 Å². The van der Waals surface area contributed by atoms with E-state index in [4.69, 9.17) is 11.6 Å². The van der Waals surface area contributed by atoms with Crippen molar-refractivity contribution in [3.63, 3.8) is 0 Å². The van der Waals surface area contributed by atoms with Gasteiger partial charge in [-0.25, -0.2) is 4.98 Å². The van der Waals surface area contributed by atoms with E-state index in [0.29, 0.717) is 12.1 Å². The molecule has 1 aromatic rings. The van der Waals surface area contributed by atoms with Crippen LogP contribution in [0.15, 0.2) is 12.4 Å². The van der Waals surface area contributed by atoms with Gasteiger partial charge in [0, 0.05) is 12.4 Å². The first kappa shape index (κ1) is 6.29. The SMILES string of the molecule is O=CC(Cl)c1ncc[nH]1. The van der Waals surface area contributed by atoms with Crippen LogP contribution in [0.25, 0.3) is 0 Å². The Bertz CT molecular complexity index is 185. The number of H-pyrrole nitrogens is 1. The highest BCUT2D eigenvalue weighted by Crippen LogP contribution is 2.10. The fourth-order valence-corrected chi connectivity index (χ4v) is 0.612. The Balaban J connectivity index is 2.76. The summed E-state index contributed by atoms with van der Waals surface area (Å²) in [5, 5.41) is -0.639. The van der Waals surface area contributed by atoms with Crippen LogP contribution in [-0.2, 0) is 4.79 Å². The van der Waals surface area contributed by atoms with Crippen molar-refractivity contribution in [2.24, 2.45) is 0 Å². The minimum atomic E-state index is -0.639. The Kier molecular flexibility index (Phi) is 1.85. The molecule has 0 amide bonds. The molecule has 0 aromatic carbocycles. The van der Waals surface area contributed by atoms with Gasteiger partial charge in [0.1, 0.15) is 17.5 Å². The number of aromatic amines is 1. The maximum atomic E-state index is 10.0. The van der Waals surface area contributed by atoms with E-state index in [2.05, 4.69) is 9.97 Å². The Hall–Kier alpha value is -0.830. The first-order valence-electron chi connectivity index (χ1n) is 2.43. The number of nitrogens with zero attached hydrogens (tertiary/aromatic N) is 1. The van der Waals surface area contributed by atoms with Gasteiger partial charge < -0.3 is 9.78 Å². The Morgan fingerprint density at radius 3 is 3.11 bits per heavy atom. The summed E-state index contributed by atoms with van der Waals surface area (Å²) < 4.78 is 0. The molecule has 1 N–H and O–H groups in total. The van der Waals surface area contributed by atoms with E-state index < -0.39 is 5.38 Å². The van der Waals surface area contributed by atoms with Gasteiger partial charge in [-0.3, -0.25) is 0 Å². The summed E-state index contributed by atoms with van der Waals surface area (Å²) in [5.41, 5.74) is 0. The number of aromatic nitrogens is 2. The van der Waals surface area contributed by atoms with E-state index in [1.165, 1.54) is 0 Å².